The third-order valence-electron chi connectivity index (χ3n) is 6.54. The molecule has 4 rings (SSSR count). The van der Waals surface area contributed by atoms with Crippen LogP contribution in [0.4, 0.5) is 5.69 Å². The topological polar surface area (TPSA) is 92.2 Å². The van der Waals surface area contributed by atoms with Crippen LogP contribution >= 0.6 is 0 Å². The van der Waals surface area contributed by atoms with E-state index >= 15 is 0 Å². The van der Waals surface area contributed by atoms with Crippen LogP contribution in [0.15, 0.2) is 61.4 Å². The fraction of sp³-hybridized carbons (Fsp3) is 0.429. The van der Waals surface area contributed by atoms with Crippen molar-refractivity contribution in [3.05, 3.63) is 78.1 Å². The number of amides is 2. The average molecular weight is 489 g/mol. The Labute approximate surface area is 213 Å². The summed E-state index contributed by atoms with van der Waals surface area (Å²) in [5.41, 5.74) is 3.06. The second-order valence-corrected chi connectivity index (χ2v) is 9.24. The van der Waals surface area contributed by atoms with Gasteiger partial charge in [-0.3, -0.25) is 14.6 Å². The lowest BCUT2D eigenvalue weighted by Crippen LogP contribution is -2.34. The Kier molecular flexibility index (Phi) is 9.61. The first kappa shape index (κ1) is 25.6. The first-order chi connectivity index (χ1) is 17.7. The van der Waals surface area contributed by atoms with E-state index in [0.717, 1.165) is 56.4 Å². The minimum absolute atomic E-state index is 0.0363. The Morgan fingerprint density at radius 2 is 1.75 bits per heavy atom. The molecule has 3 heterocycles. The van der Waals surface area contributed by atoms with Gasteiger partial charge in [-0.15, -0.1) is 0 Å². The molecule has 0 fully saturated rings. The number of aryl methyl sites for hydroxylation is 1. The van der Waals surface area contributed by atoms with Crippen molar-refractivity contribution < 1.29 is 9.59 Å². The van der Waals surface area contributed by atoms with E-state index in [-0.39, 0.29) is 11.8 Å². The minimum Gasteiger partial charge on any atom is -0.352 e. The highest BCUT2D eigenvalue weighted by molar-refractivity contribution is 6.06. The van der Waals surface area contributed by atoms with Gasteiger partial charge >= 0.3 is 0 Å². The zero-order valence-electron chi connectivity index (χ0n) is 20.9. The highest BCUT2D eigenvalue weighted by atomic mass is 16.2. The second-order valence-electron chi connectivity index (χ2n) is 9.24. The Hall–Kier alpha value is -3.52. The molecule has 8 heteroatoms. The standard InChI is InChI=1S/C28H36N6O2/c35-27(32-13-5-7-17-33-19-16-31-22-33)24-8-9-26-25(20-24)21-30-12-4-2-1-3-6-18-34(26)28(36)23-10-14-29-15-11-23/h8-11,14-16,19-20,22,30H,1-7,12-13,17-18,21H2,(H,32,35). The lowest BCUT2D eigenvalue weighted by Gasteiger charge is -2.27. The fourth-order valence-corrected chi connectivity index (χ4v) is 4.53. The zero-order valence-corrected chi connectivity index (χ0v) is 20.9. The van der Waals surface area contributed by atoms with Gasteiger partial charge in [0, 0.05) is 67.8 Å². The largest absolute Gasteiger partial charge is 0.352 e. The van der Waals surface area contributed by atoms with Crippen LogP contribution in [0.1, 0.15) is 71.2 Å². The van der Waals surface area contributed by atoms with Crippen molar-refractivity contribution in [1.82, 2.24) is 25.2 Å². The predicted molar refractivity (Wildman–Crippen MR) is 141 cm³/mol. The highest BCUT2D eigenvalue weighted by Crippen LogP contribution is 2.26. The summed E-state index contributed by atoms with van der Waals surface area (Å²) in [6.45, 7) is 3.69. The number of carbonyl (C=O) groups excluding carboxylic acids is 2. The molecule has 0 spiro atoms. The number of carbonyl (C=O) groups is 2. The third-order valence-corrected chi connectivity index (χ3v) is 6.54. The van der Waals surface area contributed by atoms with Gasteiger partial charge in [-0.2, -0.15) is 0 Å². The molecule has 190 valence electrons. The molecule has 0 saturated carbocycles. The number of benzene rings is 1. The van der Waals surface area contributed by atoms with Crippen molar-refractivity contribution in [3.63, 3.8) is 0 Å². The number of aromatic nitrogens is 3. The maximum absolute atomic E-state index is 13.5. The Morgan fingerprint density at radius 3 is 2.58 bits per heavy atom. The van der Waals surface area contributed by atoms with Crippen LogP contribution < -0.4 is 15.5 Å². The van der Waals surface area contributed by atoms with Crippen LogP contribution in [0, 0.1) is 0 Å². The Balaban J connectivity index is 1.47. The monoisotopic (exact) mass is 488 g/mol. The first-order valence-corrected chi connectivity index (χ1v) is 13.0. The minimum atomic E-state index is -0.0847. The van der Waals surface area contributed by atoms with Gasteiger partial charge in [-0.1, -0.05) is 19.3 Å². The van der Waals surface area contributed by atoms with E-state index in [1.165, 1.54) is 12.8 Å². The Bertz CT molecular complexity index is 1100. The van der Waals surface area contributed by atoms with Gasteiger partial charge in [0.15, 0.2) is 0 Å². The molecule has 1 aromatic carbocycles. The summed E-state index contributed by atoms with van der Waals surface area (Å²) >= 11 is 0. The van der Waals surface area contributed by atoms with Crippen LogP contribution in [0.2, 0.25) is 0 Å². The summed E-state index contributed by atoms with van der Waals surface area (Å²) < 4.78 is 2.04. The van der Waals surface area contributed by atoms with Gasteiger partial charge in [0.05, 0.1) is 6.33 Å². The number of hydrogen-bond acceptors (Lipinski definition) is 5. The molecule has 0 aliphatic carbocycles. The molecule has 2 aromatic heterocycles. The van der Waals surface area contributed by atoms with Crippen LogP contribution in [-0.4, -0.2) is 46.0 Å². The molecule has 0 bridgehead atoms. The van der Waals surface area contributed by atoms with Crippen LogP contribution in [-0.2, 0) is 13.1 Å². The van der Waals surface area contributed by atoms with Gasteiger partial charge < -0.3 is 20.1 Å². The van der Waals surface area contributed by atoms with Crippen molar-refractivity contribution >= 4 is 17.5 Å². The quantitative estimate of drug-likeness (QED) is 0.487. The summed E-state index contributed by atoms with van der Waals surface area (Å²) in [6, 6.07) is 9.20. The highest BCUT2D eigenvalue weighted by Gasteiger charge is 2.21. The van der Waals surface area contributed by atoms with Gasteiger partial charge in [-0.25, -0.2) is 4.98 Å². The molecule has 0 radical (unpaired) electrons. The van der Waals surface area contributed by atoms with Crippen molar-refractivity contribution in [2.75, 3.05) is 24.5 Å². The molecule has 8 nitrogen and oxygen atoms in total. The Morgan fingerprint density at radius 1 is 0.917 bits per heavy atom. The number of imidazole rings is 1. The first-order valence-electron chi connectivity index (χ1n) is 13.0. The zero-order chi connectivity index (χ0) is 25.0. The molecular weight excluding hydrogens is 452 g/mol. The van der Waals surface area contributed by atoms with E-state index < -0.39 is 0 Å². The van der Waals surface area contributed by atoms with Crippen LogP contribution in [0.5, 0.6) is 0 Å². The molecule has 3 aromatic rings. The van der Waals surface area contributed by atoms with E-state index in [1.807, 2.05) is 33.9 Å². The van der Waals surface area contributed by atoms with E-state index in [2.05, 4.69) is 20.6 Å². The van der Waals surface area contributed by atoms with Crippen molar-refractivity contribution in [3.8, 4) is 0 Å². The number of hydrogen-bond donors (Lipinski definition) is 2. The summed E-state index contributed by atoms with van der Waals surface area (Å²) in [5, 5.41) is 6.55. The van der Waals surface area contributed by atoms with E-state index in [4.69, 9.17) is 0 Å². The van der Waals surface area contributed by atoms with E-state index in [9.17, 15) is 9.59 Å². The second kappa shape index (κ2) is 13.5. The molecule has 0 saturated heterocycles. The van der Waals surface area contributed by atoms with Gasteiger partial charge in [-0.05, 0) is 68.1 Å². The van der Waals surface area contributed by atoms with Crippen molar-refractivity contribution in [2.45, 2.75) is 58.0 Å². The number of unbranched alkanes of at least 4 members (excludes halogenated alkanes) is 1. The predicted octanol–water partition coefficient (Wildman–Crippen LogP) is 4.19. The van der Waals surface area contributed by atoms with E-state index in [0.29, 0.717) is 30.8 Å². The number of nitrogens with one attached hydrogen (secondary N) is 2. The molecule has 1 aliphatic rings. The number of fused-ring (bicyclic) bond motifs is 1. The molecular formula is C28H36N6O2. The van der Waals surface area contributed by atoms with Crippen LogP contribution in [0.3, 0.4) is 0 Å². The summed E-state index contributed by atoms with van der Waals surface area (Å²) in [5.74, 6) is -0.121. The maximum Gasteiger partial charge on any atom is 0.258 e. The van der Waals surface area contributed by atoms with Gasteiger partial charge in [0.1, 0.15) is 0 Å². The van der Waals surface area contributed by atoms with Crippen molar-refractivity contribution in [1.29, 1.82) is 0 Å². The number of anilines is 1. The number of pyridine rings is 1. The molecule has 0 atom stereocenters. The molecule has 0 unspecified atom stereocenters. The van der Waals surface area contributed by atoms with Crippen molar-refractivity contribution in [2.24, 2.45) is 0 Å². The smallest absolute Gasteiger partial charge is 0.258 e. The SMILES string of the molecule is O=C(NCCCCn1ccnc1)c1ccc2c(c1)CNCCCCCCCN2C(=O)c1ccncc1. The number of rotatable bonds is 7. The molecule has 2 N–H and O–H groups in total. The van der Waals surface area contributed by atoms with Gasteiger partial charge in [0.25, 0.3) is 11.8 Å². The van der Waals surface area contributed by atoms with Crippen LogP contribution in [0.25, 0.3) is 0 Å². The maximum atomic E-state index is 13.5. The summed E-state index contributed by atoms with van der Waals surface area (Å²) in [6.07, 6.45) is 16.2. The number of nitrogens with zero attached hydrogens (tertiary/aromatic N) is 4. The summed E-state index contributed by atoms with van der Waals surface area (Å²) in [4.78, 5) is 36.4. The third kappa shape index (κ3) is 7.24. The average Bonchev–Trinajstić information content (AvgIpc) is 3.42. The lowest BCUT2D eigenvalue weighted by atomic mass is 10.0. The van der Waals surface area contributed by atoms with Gasteiger partial charge in [0.2, 0.25) is 0 Å². The van der Waals surface area contributed by atoms with E-state index in [1.54, 1.807) is 37.1 Å². The molecule has 2 amide bonds. The summed E-state index contributed by atoms with van der Waals surface area (Å²) in [7, 11) is 0. The normalized spacial score (nSPS) is 14.8. The fourth-order valence-electron chi connectivity index (χ4n) is 4.53. The molecule has 36 heavy (non-hydrogen) atoms. The molecule has 1 aliphatic heterocycles. The lowest BCUT2D eigenvalue weighted by molar-refractivity contribution is 0.0951.